The number of pyridine rings is 1. The summed E-state index contributed by atoms with van der Waals surface area (Å²) < 4.78 is 0.806. The number of fused-ring (bicyclic) bond motifs is 6. The van der Waals surface area contributed by atoms with Gasteiger partial charge in [-0.15, -0.1) is 6.58 Å². The smallest absolute Gasteiger partial charge is 0.141 e. The Balaban J connectivity index is 1.44. The number of piperidine rings is 3. The maximum Gasteiger partial charge on any atom is 0.141 e. The van der Waals surface area contributed by atoms with E-state index in [9.17, 15) is 5.11 Å². The van der Waals surface area contributed by atoms with Crippen LogP contribution in [0.3, 0.4) is 0 Å². The van der Waals surface area contributed by atoms with Crippen LogP contribution in [0.2, 0.25) is 0 Å². The number of hydrogen-bond acceptors (Lipinski definition) is 2. The summed E-state index contributed by atoms with van der Waals surface area (Å²) in [5.41, 5.74) is 3.28. The van der Waals surface area contributed by atoms with Gasteiger partial charge in [-0.1, -0.05) is 60.7 Å². The van der Waals surface area contributed by atoms with E-state index in [1.54, 1.807) is 0 Å². The highest BCUT2D eigenvalue weighted by atomic mass is 16.3. The van der Waals surface area contributed by atoms with Gasteiger partial charge < -0.3 is 5.11 Å². The Morgan fingerprint density at radius 1 is 0.889 bits per heavy atom. The van der Waals surface area contributed by atoms with Crippen LogP contribution < -0.4 is 4.48 Å². The van der Waals surface area contributed by atoms with Crippen molar-refractivity contribution in [3.8, 4) is 0 Å². The van der Waals surface area contributed by atoms with Crippen molar-refractivity contribution < 1.29 is 5.11 Å². The first kappa shape index (κ1) is 21.7. The summed E-state index contributed by atoms with van der Waals surface area (Å²) >= 11 is 0. The summed E-state index contributed by atoms with van der Waals surface area (Å²) in [5.74, 6) is 1.04. The molecule has 5 aromatic rings. The maximum absolute atomic E-state index is 12.1. The van der Waals surface area contributed by atoms with E-state index in [1.807, 2.05) is 30.5 Å². The first-order chi connectivity index (χ1) is 17.7. The molecule has 4 heterocycles. The molecule has 3 saturated heterocycles. The van der Waals surface area contributed by atoms with E-state index in [4.69, 9.17) is 0 Å². The van der Waals surface area contributed by atoms with Gasteiger partial charge in [0.2, 0.25) is 0 Å². The molecule has 3 heteroatoms. The van der Waals surface area contributed by atoms with E-state index in [2.05, 4.69) is 78.3 Å². The fourth-order valence-electron chi connectivity index (χ4n) is 7.32. The Morgan fingerprint density at radius 3 is 2.53 bits per heavy atom. The fraction of sp³-hybridized carbons (Fsp3) is 0.242. The van der Waals surface area contributed by atoms with Crippen LogP contribution in [0.25, 0.3) is 32.4 Å². The van der Waals surface area contributed by atoms with Crippen molar-refractivity contribution >= 4 is 38.1 Å². The zero-order valence-corrected chi connectivity index (χ0v) is 20.4. The van der Waals surface area contributed by atoms with Crippen molar-refractivity contribution in [1.29, 1.82) is 0 Å². The molecule has 3 aliphatic rings. The van der Waals surface area contributed by atoms with Crippen LogP contribution >= 0.6 is 0 Å². The van der Waals surface area contributed by atoms with Gasteiger partial charge in [-0.2, -0.15) is 0 Å². The second-order valence-corrected chi connectivity index (χ2v) is 10.8. The predicted octanol–water partition coefficient (Wildman–Crippen LogP) is 7.18. The molecule has 1 N–H and O–H groups in total. The van der Waals surface area contributed by atoms with Crippen LogP contribution in [-0.4, -0.2) is 29.2 Å². The molecule has 0 aliphatic carbocycles. The van der Waals surface area contributed by atoms with E-state index >= 15 is 0 Å². The average molecular weight is 472 g/mol. The van der Waals surface area contributed by atoms with Crippen molar-refractivity contribution in [3.05, 3.63) is 109 Å². The van der Waals surface area contributed by atoms with Crippen molar-refractivity contribution in [3.63, 3.8) is 0 Å². The second-order valence-electron chi connectivity index (χ2n) is 10.8. The number of aliphatic hydroxyl groups excluding tert-OH is 1. The Kier molecular flexibility index (Phi) is 4.99. The molecule has 3 aliphatic heterocycles. The molecule has 3 nitrogen and oxygen atoms in total. The SMILES string of the molecule is C=CC1C[N+]2(c3cccc4cc5ccccc5cc34)CCC1CC2C(O)c1ccnc2ccccc12. The highest BCUT2D eigenvalue weighted by Gasteiger charge is 2.55. The van der Waals surface area contributed by atoms with Gasteiger partial charge in [0.15, 0.2) is 0 Å². The Bertz CT molecular complexity index is 1620. The molecule has 0 spiro atoms. The zero-order chi connectivity index (χ0) is 24.3. The largest absolute Gasteiger partial charge is 0.382 e. The molecule has 4 aromatic carbocycles. The van der Waals surface area contributed by atoms with Gasteiger partial charge in [-0.05, 0) is 58.0 Å². The lowest BCUT2D eigenvalue weighted by molar-refractivity contribution is -0.0387. The monoisotopic (exact) mass is 471 g/mol. The number of benzene rings is 4. The van der Waals surface area contributed by atoms with E-state index in [0.29, 0.717) is 11.8 Å². The van der Waals surface area contributed by atoms with Gasteiger partial charge in [0, 0.05) is 35.7 Å². The Labute approximate surface area is 211 Å². The third-order valence-electron chi connectivity index (χ3n) is 9.09. The van der Waals surface area contributed by atoms with E-state index < -0.39 is 6.10 Å². The van der Waals surface area contributed by atoms with Crippen LogP contribution in [0.5, 0.6) is 0 Å². The minimum absolute atomic E-state index is 0.0860. The lowest BCUT2D eigenvalue weighted by Gasteiger charge is -2.57. The Morgan fingerprint density at radius 2 is 1.67 bits per heavy atom. The maximum atomic E-state index is 12.1. The number of hydrogen-bond donors (Lipinski definition) is 1. The molecule has 1 aromatic heterocycles. The molecule has 0 amide bonds. The van der Waals surface area contributed by atoms with Gasteiger partial charge in [-0.25, -0.2) is 0 Å². The first-order valence-electron chi connectivity index (χ1n) is 13.1. The summed E-state index contributed by atoms with van der Waals surface area (Å²) in [7, 11) is 0. The molecule has 5 atom stereocenters. The third-order valence-corrected chi connectivity index (χ3v) is 9.09. The van der Waals surface area contributed by atoms with Gasteiger partial charge >= 0.3 is 0 Å². The molecular weight excluding hydrogens is 440 g/mol. The fourth-order valence-corrected chi connectivity index (χ4v) is 7.32. The lowest BCUT2D eigenvalue weighted by atomic mass is 9.70. The van der Waals surface area contributed by atoms with Crippen molar-refractivity contribution in [2.75, 3.05) is 13.1 Å². The third kappa shape index (κ3) is 3.16. The highest BCUT2D eigenvalue weighted by molar-refractivity contribution is 6.03. The lowest BCUT2D eigenvalue weighted by Crippen LogP contribution is -2.69. The van der Waals surface area contributed by atoms with Gasteiger partial charge in [-0.3, -0.25) is 9.47 Å². The molecule has 2 bridgehead atoms. The predicted molar refractivity (Wildman–Crippen MR) is 150 cm³/mol. The van der Waals surface area contributed by atoms with E-state index in [0.717, 1.165) is 40.5 Å². The van der Waals surface area contributed by atoms with Crippen LogP contribution in [-0.2, 0) is 0 Å². The zero-order valence-electron chi connectivity index (χ0n) is 20.4. The van der Waals surface area contributed by atoms with Crippen molar-refractivity contribution in [1.82, 2.24) is 9.47 Å². The summed E-state index contributed by atoms with van der Waals surface area (Å²) in [5, 5.41) is 18.3. The van der Waals surface area contributed by atoms with Gasteiger partial charge in [0.1, 0.15) is 17.8 Å². The normalized spacial score (nSPS) is 26.4. The first-order valence-corrected chi connectivity index (χ1v) is 13.1. The van der Waals surface area contributed by atoms with Crippen LogP contribution in [0.15, 0.2) is 104 Å². The topological polar surface area (TPSA) is 33.1 Å². The number of nitrogens with zero attached hydrogens (tertiary/aromatic N) is 2. The van der Waals surface area contributed by atoms with Crippen LogP contribution in [0.4, 0.5) is 5.69 Å². The summed E-state index contributed by atoms with van der Waals surface area (Å²) in [4.78, 5) is 4.56. The average Bonchev–Trinajstić information content (AvgIpc) is 2.95. The second kappa shape index (κ2) is 8.26. The minimum atomic E-state index is -0.567. The summed E-state index contributed by atoms with van der Waals surface area (Å²) in [6.45, 7) is 6.26. The van der Waals surface area contributed by atoms with Crippen molar-refractivity contribution in [2.45, 2.75) is 25.0 Å². The van der Waals surface area contributed by atoms with Gasteiger partial charge in [0.05, 0.1) is 18.6 Å². The molecule has 0 saturated carbocycles. The molecule has 0 radical (unpaired) electrons. The number of para-hydroxylation sites is 1. The molecule has 178 valence electrons. The molecule has 8 rings (SSSR count). The minimum Gasteiger partial charge on any atom is -0.382 e. The summed E-state index contributed by atoms with van der Waals surface area (Å²) in [6.07, 6.45) is 5.61. The number of rotatable bonds is 4. The quantitative estimate of drug-likeness (QED) is 0.171. The number of aliphatic hydroxyl groups is 1. The standard InChI is InChI=1S/C33H31N2O/c1-2-22-21-35(31-13-7-10-26-18-23-8-3-4-9-24(23)19-29(26)31)17-15-25(22)20-32(35)33(36)28-14-16-34-30-12-6-5-11-27(28)30/h2-14,16,18-19,22,25,32-33,36H,1,15,17,20-21H2/q+1. The van der Waals surface area contributed by atoms with Crippen LogP contribution in [0.1, 0.15) is 24.5 Å². The molecule has 5 unspecified atom stereocenters. The van der Waals surface area contributed by atoms with Crippen molar-refractivity contribution in [2.24, 2.45) is 11.8 Å². The molecule has 36 heavy (non-hydrogen) atoms. The van der Waals surface area contributed by atoms with E-state index in [1.165, 1.54) is 33.7 Å². The van der Waals surface area contributed by atoms with Gasteiger partial charge in [0.25, 0.3) is 0 Å². The Hall–Kier alpha value is -3.53. The summed E-state index contributed by atoms with van der Waals surface area (Å²) in [6, 6.07) is 30.3. The molecular formula is C33H31N2O+. The highest BCUT2D eigenvalue weighted by Crippen LogP contribution is 2.51. The number of aromatic nitrogens is 1. The number of quaternary nitrogens is 1. The molecule has 3 fully saturated rings. The van der Waals surface area contributed by atoms with Crippen LogP contribution in [0, 0.1) is 11.8 Å². The van der Waals surface area contributed by atoms with E-state index in [-0.39, 0.29) is 6.04 Å².